The van der Waals surface area contributed by atoms with Gasteiger partial charge in [-0.15, -0.1) is 0 Å². The van der Waals surface area contributed by atoms with Crippen LogP contribution in [0.3, 0.4) is 0 Å². The second kappa shape index (κ2) is 9.67. The van der Waals surface area contributed by atoms with E-state index in [2.05, 4.69) is 60.8 Å². The third kappa shape index (κ3) is 4.42. The molecule has 1 fully saturated rings. The topological polar surface area (TPSA) is 80.3 Å². The number of hydrogen-bond acceptors (Lipinski definition) is 6. The molecule has 9 heteroatoms. The molecule has 0 radical (unpaired) electrons. The average molecular weight is 555 g/mol. The predicted octanol–water partition coefficient (Wildman–Crippen LogP) is 6.08. The Labute approximate surface area is 222 Å². The van der Waals surface area contributed by atoms with Gasteiger partial charge in [0.1, 0.15) is 12.1 Å². The molecule has 0 N–H and O–H groups in total. The fourth-order valence-electron chi connectivity index (χ4n) is 4.88. The minimum atomic E-state index is -0.368. The number of piperazine rings is 1. The van der Waals surface area contributed by atoms with Crippen molar-refractivity contribution in [1.29, 1.82) is 0 Å². The van der Waals surface area contributed by atoms with Crippen molar-refractivity contribution in [2.75, 3.05) is 36.0 Å². The summed E-state index contributed by atoms with van der Waals surface area (Å²) >= 11 is 3.53. The first-order valence-corrected chi connectivity index (χ1v) is 12.8. The van der Waals surface area contributed by atoms with Crippen molar-refractivity contribution in [3.05, 3.63) is 106 Å². The molecule has 3 heterocycles. The first-order chi connectivity index (χ1) is 18.1. The molecule has 1 aliphatic heterocycles. The zero-order chi connectivity index (χ0) is 25.4. The Morgan fingerprint density at radius 3 is 2.11 bits per heavy atom. The molecule has 0 unspecified atom stereocenters. The molecule has 2 aromatic heterocycles. The van der Waals surface area contributed by atoms with Crippen LogP contribution in [0.15, 0.2) is 95.9 Å². The standard InChI is InChI=1S/C28H23BrN6O2/c29-21-6-8-23(9-7-21)34-18-25(20-4-2-1-3-5-20)26-27(30-19-31-28(26)34)33-16-14-32(15-17-33)22-10-12-24(13-11-22)35(36)37/h1-13,18-19H,14-17H2. The van der Waals surface area contributed by atoms with Gasteiger partial charge >= 0.3 is 0 Å². The molecular weight excluding hydrogens is 532 g/mol. The average Bonchev–Trinajstić information content (AvgIpc) is 3.34. The van der Waals surface area contributed by atoms with E-state index in [-0.39, 0.29) is 10.6 Å². The molecule has 3 aromatic carbocycles. The fourth-order valence-corrected chi connectivity index (χ4v) is 5.15. The van der Waals surface area contributed by atoms with E-state index >= 15 is 0 Å². The van der Waals surface area contributed by atoms with E-state index in [1.807, 2.05) is 42.5 Å². The number of fused-ring (bicyclic) bond motifs is 1. The number of anilines is 2. The van der Waals surface area contributed by atoms with Crippen LogP contribution in [0.1, 0.15) is 0 Å². The van der Waals surface area contributed by atoms with Crippen molar-refractivity contribution in [2.45, 2.75) is 0 Å². The highest BCUT2D eigenvalue weighted by Crippen LogP contribution is 2.37. The van der Waals surface area contributed by atoms with E-state index < -0.39 is 0 Å². The molecule has 0 saturated carbocycles. The molecule has 0 aliphatic carbocycles. The molecule has 1 saturated heterocycles. The van der Waals surface area contributed by atoms with Crippen molar-refractivity contribution >= 4 is 44.2 Å². The number of rotatable bonds is 5. The molecule has 1 aliphatic rings. The van der Waals surface area contributed by atoms with Gasteiger partial charge in [0.25, 0.3) is 5.69 Å². The Bertz CT molecular complexity index is 1560. The minimum Gasteiger partial charge on any atom is -0.368 e. The van der Waals surface area contributed by atoms with Gasteiger partial charge < -0.3 is 14.4 Å². The van der Waals surface area contributed by atoms with Crippen molar-refractivity contribution in [1.82, 2.24) is 14.5 Å². The summed E-state index contributed by atoms with van der Waals surface area (Å²) in [5.41, 5.74) is 5.20. The van der Waals surface area contributed by atoms with Crippen LogP contribution in [0.2, 0.25) is 0 Å². The molecule has 0 atom stereocenters. The number of benzene rings is 3. The van der Waals surface area contributed by atoms with Gasteiger partial charge in [0.05, 0.1) is 10.3 Å². The van der Waals surface area contributed by atoms with Gasteiger partial charge in [-0.1, -0.05) is 46.3 Å². The van der Waals surface area contributed by atoms with E-state index in [4.69, 9.17) is 9.97 Å². The van der Waals surface area contributed by atoms with Crippen LogP contribution in [-0.4, -0.2) is 45.6 Å². The summed E-state index contributed by atoms with van der Waals surface area (Å²) in [5.74, 6) is 0.920. The highest BCUT2D eigenvalue weighted by atomic mass is 79.9. The Morgan fingerprint density at radius 2 is 1.43 bits per heavy atom. The second-order valence-electron chi connectivity index (χ2n) is 8.90. The van der Waals surface area contributed by atoms with Crippen molar-refractivity contribution in [2.24, 2.45) is 0 Å². The molecule has 8 nitrogen and oxygen atoms in total. The van der Waals surface area contributed by atoms with Gasteiger partial charge in [0, 0.05) is 65.9 Å². The quantitative estimate of drug-likeness (QED) is 0.193. The van der Waals surface area contributed by atoms with E-state index in [0.29, 0.717) is 0 Å². The number of nitro groups is 1. The van der Waals surface area contributed by atoms with Crippen molar-refractivity contribution in [3.63, 3.8) is 0 Å². The van der Waals surface area contributed by atoms with Gasteiger partial charge in [-0.3, -0.25) is 10.1 Å². The van der Waals surface area contributed by atoms with Crippen LogP contribution in [0.5, 0.6) is 0 Å². The Hall–Kier alpha value is -4.24. The van der Waals surface area contributed by atoms with Gasteiger partial charge in [0.15, 0.2) is 5.65 Å². The first kappa shape index (κ1) is 23.2. The number of nitrogens with zero attached hydrogens (tertiary/aromatic N) is 6. The molecule has 0 amide bonds. The molecule has 37 heavy (non-hydrogen) atoms. The lowest BCUT2D eigenvalue weighted by molar-refractivity contribution is -0.384. The summed E-state index contributed by atoms with van der Waals surface area (Å²) in [6.45, 7) is 3.14. The summed E-state index contributed by atoms with van der Waals surface area (Å²) in [6, 6.07) is 25.3. The Kier molecular flexibility index (Phi) is 6.05. The third-order valence-electron chi connectivity index (χ3n) is 6.76. The second-order valence-corrected chi connectivity index (χ2v) is 9.81. The summed E-state index contributed by atoms with van der Waals surface area (Å²) in [7, 11) is 0. The highest BCUT2D eigenvalue weighted by molar-refractivity contribution is 9.10. The number of nitro benzene ring substituents is 1. The van der Waals surface area contributed by atoms with Gasteiger partial charge in [0.2, 0.25) is 0 Å². The Balaban J connectivity index is 1.37. The fraction of sp³-hybridized carbons (Fsp3) is 0.143. The van der Waals surface area contributed by atoms with E-state index in [9.17, 15) is 10.1 Å². The van der Waals surface area contributed by atoms with Crippen LogP contribution >= 0.6 is 15.9 Å². The maximum absolute atomic E-state index is 11.0. The SMILES string of the molecule is O=[N+]([O-])c1ccc(N2CCN(c3ncnc4c3c(-c3ccccc3)cn4-c3ccc(Br)cc3)CC2)cc1. The van der Waals surface area contributed by atoms with Crippen LogP contribution in [0.25, 0.3) is 27.8 Å². The van der Waals surface area contributed by atoms with Gasteiger partial charge in [-0.2, -0.15) is 0 Å². The highest BCUT2D eigenvalue weighted by Gasteiger charge is 2.24. The lowest BCUT2D eigenvalue weighted by Crippen LogP contribution is -2.46. The normalized spacial score (nSPS) is 13.8. The Morgan fingerprint density at radius 1 is 0.784 bits per heavy atom. The maximum Gasteiger partial charge on any atom is 0.269 e. The lowest BCUT2D eigenvalue weighted by atomic mass is 10.1. The molecule has 6 rings (SSSR count). The van der Waals surface area contributed by atoms with Crippen molar-refractivity contribution < 1.29 is 4.92 Å². The van der Waals surface area contributed by atoms with Gasteiger partial charge in [-0.05, 0) is 42.0 Å². The van der Waals surface area contributed by atoms with Crippen LogP contribution in [0.4, 0.5) is 17.2 Å². The van der Waals surface area contributed by atoms with Crippen LogP contribution in [0, 0.1) is 10.1 Å². The minimum absolute atomic E-state index is 0.106. The molecule has 0 spiro atoms. The smallest absolute Gasteiger partial charge is 0.269 e. The molecule has 0 bridgehead atoms. The summed E-state index contributed by atoms with van der Waals surface area (Å²) < 4.78 is 3.15. The summed E-state index contributed by atoms with van der Waals surface area (Å²) in [6.07, 6.45) is 3.79. The maximum atomic E-state index is 11.0. The van der Waals surface area contributed by atoms with E-state index in [1.165, 1.54) is 0 Å². The zero-order valence-corrected chi connectivity index (χ0v) is 21.5. The van der Waals surface area contributed by atoms with Crippen molar-refractivity contribution in [3.8, 4) is 16.8 Å². The first-order valence-electron chi connectivity index (χ1n) is 12.0. The number of aromatic nitrogens is 3. The van der Waals surface area contributed by atoms with E-state index in [0.717, 1.165) is 70.0 Å². The van der Waals surface area contributed by atoms with E-state index in [1.54, 1.807) is 18.5 Å². The number of halogens is 1. The summed E-state index contributed by atoms with van der Waals surface area (Å²) in [4.78, 5) is 24.7. The van der Waals surface area contributed by atoms with Crippen LogP contribution in [-0.2, 0) is 0 Å². The monoisotopic (exact) mass is 554 g/mol. The largest absolute Gasteiger partial charge is 0.368 e. The lowest BCUT2D eigenvalue weighted by Gasteiger charge is -2.37. The molecule has 5 aromatic rings. The molecular formula is C28H23BrN6O2. The zero-order valence-electron chi connectivity index (χ0n) is 19.9. The number of non-ortho nitro benzene ring substituents is 1. The van der Waals surface area contributed by atoms with Crippen LogP contribution < -0.4 is 9.80 Å². The third-order valence-corrected chi connectivity index (χ3v) is 7.29. The summed E-state index contributed by atoms with van der Waals surface area (Å²) in [5, 5.41) is 12.0. The predicted molar refractivity (Wildman–Crippen MR) is 150 cm³/mol. The number of hydrogen-bond donors (Lipinski definition) is 0. The molecule has 184 valence electrons. The van der Waals surface area contributed by atoms with Gasteiger partial charge in [-0.25, -0.2) is 9.97 Å².